The predicted octanol–water partition coefficient (Wildman–Crippen LogP) is 4.91. The lowest BCUT2D eigenvalue weighted by atomic mass is 10.0. The standard InChI is InChI=1S/C27H25ClFN5O3/c1-14-9-19(15(2)30-21-7-8-22(28)31-24(21)26(36)37-4)23-20(10-14)25(35)33(3)27(32-23)34-12-16-5-6-18(29)11-17(16)13-34/h5-11,15,30H,12-13H2,1-4H3. The highest BCUT2D eigenvalue weighted by Crippen LogP contribution is 2.31. The summed E-state index contributed by atoms with van der Waals surface area (Å²) >= 11 is 6.01. The summed E-state index contributed by atoms with van der Waals surface area (Å²) in [6.45, 7) is 4.80. The van der Waals surface area contributed by atoms with Gasteiger partial charge >= 0.3 is 5.97 Å². The molecule has 0 spiro atoms. The molecule has 37 heavy (non-hydrogen) atoms. The van der Waals surface area contributed by atoms with E-state index in [1.165, 1.54) is 23.8 Å². The van der Waals surface area contributed by atoms with Crippen LogP contribution in [0.15, 0.2) is 47.3 Å². The summed E-state index contributed by atoms with van der Waals surface area (Å²) in [5, 5.41) is 3.96. The van der Waals surface area contributed by atoms with E-state index in [9.17, 15) is 14.0 Å². The number of esters is 1. The first kappa shape index (κ1) is 24.7. The molecule has 1 aliphatic rings. The number of hydrogen-bond donors (Lipinski definition) is 1. The quantitative estimate of drug-likeness (QED) is 0.295. The number of carbonyl (C=O) groups is 1. The maximum absolute atomic E-state index is 13.8. The van der Waals surface area contributed by atoms with Gasteiger partial charge in [0.2, 0.25) is 5.95 Å². The van der Waals surface area contributed by atoms with Crippen LogP contribution >= 0.6 is 11.6 Å². The Balaban J connectivity index is 1.59. The Kier molecular flexibility index (Phi) is 6.33. The van der Waals surface area contributed by atoms with Gasteiger partial charge in [0.05, 0.1) is 29.7 Å². The van der Waals surface area contributed by atoms with Gasteiger partial charge in [0.15, 0.2) is 5.69 Å². The Hall–Kier alpha value is -3.98. The second-order valence-electron chi connectivity index (χ2n) is 9.18. The Morgan fingerprint density at radius 3 is 2.65 bits per heavy atom. The summed E-state index contributed by atoms with van der Waals surface area (Å²) in [6, 6.07) is 11.4. The van der Waals surface area contributed by atoms with Crippen LogP contribution in [0.1, 0.15) is 45.7 Å². The van der Waals surface area contributed by atoms with Gasteiger partial charge < -0.3 is 15.0 Å². The molecule has 10 heteroatoms. The largest absolute Gasteiger partial charge is 0.464 e. The van der Waals surface area contributed by atoms with Crippen molar-refractivity contribution in [1.29, 1.82) is 0 Å². The highest BCUT2D eigenvalue weighted by atomic mass is 35.5. The molecule has 0 radical (unpaired) electrons. The van der Waals surface area contributed by atoms with Crippen LogP contribution in [0.2, 0.25) is 5.15 Å². The van der Waals surface area contributed by atoms with Gasteiger partial charge in [-0.1, -0.05) is 23.7 Å². The first-order valence-corrected chi connectivity index (χ1v) is 12.1. The molecule has 0 saturated heterocycles. The molecule has 1 atom stereocenters. The van der Waals surface area contributed by atoms with Gasteiger partial charge in [0.25, 0.3) is 5.56 Å². The summed E-state index contributed by atoms with van der Waals surface area (Å²) in [7, 11) is 2.97. The Labute approximate surface area is 217 Å². The van der Waals surface area contributed by atoms with Crippen molar-refractivity contribution in [3.63, 3.8) is 0 Å². The number of carbonyl (C=O) groups excluding carboxylic acids is 1. The molecule has 4 aromatic rings. The molecule has 1 unspecified atom stereocenters. The normalized spacial score (nSPS) is 13.5. The topological polar surface area (TPSA) is 89.3 Å². The summed E-state index contributed by atoms with van der Waals surface area (Å²) in [6.07, 6.45) is 0. The molecule has 3 heterocycles. The first-order chi connectivity index (χ1) is 17.7. The summed E-state index contributed by atoms with van der Waals surface area (Å²) in [5.41, 5.74) is 4.43. The van der Waals surface area contributed by atoms with E-state index in [1.54, 1.807) is 25.2 Å². The molecule has 0 aliphatic carbocycles. The minimum Gasteiger partial charge on any atom is -0.464 e. The molecule has 1 aliphatic heterocycles. The number of rotatable bonds is 5. The third kappa shape index (κ3) is 4.51. The number of hydrogen-bond acceptors (Lipinski definition) is 7. The van der Waals surface area contributed by atoms with Gasteiger partial charge in [-0.2, -0.15) is 0 Å². The molecule has 2 aromatic heterocycles. The minimum atomic E-state index is -0.620. The zero-order chi connectivity index (χ0) is 26.4. The summed E-state index contributed by atoms with van der Waals surface area (Å²) in [4.78, 5) is 36.8. The monoisotopic (exact) mass is 521 g/mol. The number of nitrogens with zero attached hydrogens (tertiary/aromatic N) is 4. The molecule has 2 aromatic carbocycles. The number of ether oxygens (including phenoxy) is 1. The van der Waals surface area contributed by atoms with Crippen molar-refractivity contribution < 1.29 is 13.9 Å². The fraction of sp³-hybridized carbons (Fsp3) is 0.259. The number of methoxy groups -OCH3 is 1. The molecule has 0 amide bonds. The van der Waals surface area contributed by atoms with E-state index >= 15 is 0 Å². The van der Waals surface area contributed by atoms with Crippen molar-refractivity contribution >= 4 is 40.1 Å². The van der Waals surface area contributed by atoms with E-state index in [2.05, 4.69) is 10.3 Å². The molecular formula is C27H25ClFN5O3. The van der Waals surface area contributed by atoms with Gasteiger partial charge in [-0.3, -0.25) is 9.36 Å². The fourth-order valence-corrected chi connectivity index (χ4v) is 4.92. The first-order valence-electron chi connectivity index (χ1n) is 11.7. The number of benzene rings is 2. The average Bonchev–Trinajstić information content (AvgIpc) is 3.29. The van der Waals surface area contributed by atoms with E-state index in [0.29, 0.717) is 35.6 Å². The highest BCUT2D eigenvalue weighted by molar-refractivity contribution is 6.29. The number of anilines is 2. The lowest BCUT2D eigenvalue weighted by Gasteiger charge is -2.23. The fourth-order valence-electron chi connectivity index (χ4n) is 4.77. The minimum absolute atomic E-state index is 0.0606. The van der Waals surface area contributed by atoms with Crippen LogP contribution in [0, 0.1) is 12.7 Å². The zero-order valence-corrected chi connectivity index (χ0v) is 21.6. The maximum Gasteiger partial charge on any atom is 0.358 e. The number of fused-ring (bicyclic) bond motifs is 2. The predicted molar refractivity (Wildman–Crippen MR) is 141 cm³/mol. The van der Waals surface area contributed by atoms with E-state index in [-0.39, 0.29) is 28.3 Å². The Bertz CT molecular complexity index is 1620. The van der Waals surface area contributed by atoms with E-state index in [0.717, 1.165) is 22.3 Å². The summed E-state index contributed by atoms with van der Waals surface area (Å²) in [5.74, 6) is -0.415. The van der Waals surface area contributed by atoms with Crippen molar-refractivity contribution in [3.05, 3.63) is 91.7 Å². The molecule has 0 saturated carbocycles. The van der Waals surface area contributed by atoms with Gasteiger partial charge in [-0.05, 0) is 60.9 Å². The van der Waals surface area contributed by atoms with E-state index < -0.39 is 5.97 Å². The SMILES string of the molecule is COC(=O)c1nc(Cl)ccc1NC(C)c1cc(C)cc2c(=O)n(C)c(N3Cc4ccc(F)cc4C3)nc12. The number of pyridine rings is 1. The third-order valence-corrected chi connectivity index (χ3v) is 6.79. The number of halogens is 2. The molecule has 190 valence electrons. The van der Waals surface area contributed by atoms with Crippen LogP contribution in [-0.2, 0) is 24.9 Å². The van der Waals surface area contributed by atoms with Crippen LogP contribution in [0.5, 0.6) is 0 Å². The molecule has 8 nitrogen and oxygen atoms in total. The molecular weight excluding hydrogens is 497 g/mol. The highest BCUT2D eigenvalue weighted by Gasteiger charge is 2.25. The second-order valence-corrected chi connectivity index (χ2v) is 9.57. The molecule has 5 rings (SSSR count). The average molecular weight is 522 g/mol. The van der Waals surface area contributed by atoms with Gasteiger partial charge in [0, 0.05) is 25.7 Å². The lowest BCUT2D eigenvalue weighted by Crippen LogP contribution is -2.28. The van der Waals surface area contributed by atoms with E-state index in [4.69, 9.17) is 21.3 Å². The van der Waals surface area contributed by atoms with Crippen LogP contribution in [0.25, 0.3) is 10.9 Å². The van der Waals surface area contributed by atoms with Crippen LogP contribution in [0.4, 0.5) is 16.0 Å². The van der Waals surface area contributed by atoms with Gasteiger partial charge in [0.1, 0.15) is 11.0 Å². The smallest absolute Gasteiger partial charge is 0.358 e. The zero-order valence-electron chi connectivity index (χ0n) is 20.8. The summed E-state index contributed by atoms with van der Waals surface area (Å²) < 4.78 is 20.2. The van der Waals surface area contributed by atoms with Crippen LogP contribution < -0.4 is 15.8 Å². The third-order valence-electron chi connectivity index (χ3n) is 6.58. The van der Waals surface area contributed by atoms with Crippen molar-refractivity contribution in [2.24, 2.45) is 7.05 Å². The van der Waals surface area contributed by atoms with E-state index in [1.807, 2.05) is 30.9 Å². The molecule has 0 bridgehead atoms. The second kappa shape index (κ2) is 9.48. The lowest BCUT2D eigenvalue weighted by molar-refractivity contribution is 0.0595. The van der Waals surface area contributed by atoms with Crippen molar-refractivity contribution in [2.75, 3.05) is 17.3 Å². The number of aromatic nitrogens is 3. The van der Waals surface area contributed by atoms with Crippen molar-refractivity contribution in [2.45, 2.75) is 33.0 Å². The van der Waals surface area contributed by atoms with Gasteiger partial charge in [-0.25, -0.2) is 19.2 Å². The van der Waals surface area contributed by atoms with Crippen molar-refractivity contribution in [3.8, 4) is 0 Å². The van der Waals surface area contributed by atoms with Crippen LogP contribution in [-0.4, -0.2) is 27.6 Å². The van der Waals surface area contributed by atoms with Gasteiger partial charge in [-0.15, -0.1) is 0 Å². The number of nitrogens with one attached hydrogen (secondary N) is 1. The number of aryl methyl sites for hydroxylation is 1. The molecule has 1 N–H and O–H groups in total. The van der Waals surface area contributed by atoms with Crippen molar-refractivity contribution in [1.82, 2.24) is 14.5 Å². The Morgan fingerprint density at radius 1 is 1.14 bits per heavy atom. The van der Waals surface area contributed by atoms with Crippen LogP contribution in [0.3, 0.4) is 0 Å². The Morgan fingerprint density at radius 2 is 1.89 bits per heavy atom. The molecule has 0 fully saturated rings. The maximum atomic E-state index is 13.8.